The molecule has 6 N–H and O–H groups in total. The molecular formula is C10H16N4O4. The van der Waals surface area contributed by atoms with Crippen LogP contribution in [0.25, 0.3) is 0 Å². The van der Waals surface area contributed by atoms with Crippen LogP contribution in [0.15, 0.2) is 11.0 Å². The van der Waals surface area contributed by atoms with Gasteiger partial charge in [-0.1, -0.05) is 0 Å². The second kappa shape index (κ2) is 5.02. The maximum atomic E-state index is 11.7. The van der Waals surface area contributed by atoms with Crippen LogP contribution >= 0.6 is 0 Å². The maximum absolute atomic E-state index is 11.7. The van der Waals surface area contributed by atoms with Crippen molar-refractivity contribution in [3.8, 4) is 0 Å². The first-order valence-electron chi connectivity index (χ1n) is 5.58. The zero-order valence-electron chi connectivity index (χ0n) is 9.69. The highest BCUT2D eigenvalue weighted by molar-refractivity contribution is 5.36. The van der Waals surface area contributed by atoms with Gasteiger partial charge in [-0.05, 0) is 0 Å². The maximum Gasteiger partial charge on any atom is 0.351 e. The van der Waals surface area contributed by atoms with Crippen LogP contribution in [-0.2, 0) is 11.3 Å². The molecule has 2 rings (SSSR count). The molecule has 1 aliphatic heterocycles. The van der Waals surface area contributed by atoms with E-state index < -0.39 is 24.1 Å². The molecule has 0 saturated carbocycles. The molecule has 0 aromatic carbocycles. The Balaban J connectivity index is 2.32. The summed E-state index contributed by atoms with van der Waals surface area (Å²) in [5, 5.41) is 18.6. The molecule has 2 heterocycles. The van der Waals surface area contributed by atoms with E-state index in [2.05, 4.69) is 4.98 Å². The molecule has 0 unspecified atom stereocenters. The van der Waals surface area contributed by atoms with Gasteiger partial charge < -0.3 is 26.4 Å². The fraction of sp³-hybridized carbons (Fsp3) is 0.600. The summed E-state index contributed by atoms with van der Waals surface area (Å²) in [6.07, 6.45) is -0.489. The van der Waals surface area contributed by atoms with Gasteiger partial charge in [-0.2, -0.15) is 4.98 Å². The highest BCUT2D eigenvalue weighted by Crippen LogP contribution is 2.27. The van der Waals surface area contributed by atoms with Crippen molar-refractivity contribution in [2.45, 2.75) is 31.4 Å². The molecule has 8 heteroatoms. The minimum atomic E-state index is -0.814. The number of hydrogen-bond acceptors (Lipinski definition) is 7. The van der Waals surface area contributed by atoms with Crippen molar-refractivity contribution in [2.24, 2.45) is 5.73 Å². The lowest BCUT2D eigenvalue weighted by Gasteiger charge is -2.15. The number of aromatic nitrogens is 2. The molecule has 0 aliphatic carbocycles. The molecule has 1 aromatic rings. The summed E-state index contributed by atoms with van der Waals surface area (Å²) in [6, 6.07) is 0. The first-order chi connectivity index (χ1) is 8.56. The quantitative estimate of drug-likeness (QED) is 0.487. The zero-order chi connectivity index (χ0) is 13.3. The van der Waals surface area contributed by atoms with Crippen LogP contribution in [0.2, 0.25) is 0 Å². The van der Waals surface area contributed by atoms with Gasteiger partial charge in [-0.3, -0.25) is 4.57 Å². The van der Waals surface area contributed by atoms with Gasteiger partial charge in [-0.15, -0.1) is 0 Å². The Bertz CT molecular complexity index is 489. The van der Waals surface area contributed by atoms with E-state index in [1.54, 1.807) is 0 Å². The van der Waals surface area contributed by atoms with Gasteiger partial charge in [0.15, 0.2) is 0 Å². The summed E-state index contributed by atoms with van der Waals surface area (Å²) >= 11 is 0. The normalized spacial score (nSPS) is 27.6. The van der Waals surface area contributed by atoms with Crippen molar-refractivity contribution in [3.63, 3.8) is 0 Å². The van der Waals surface area contributed by atoms with Gasteiger partial charge in [0.2, 0.25) is 0 Å². The predicted molar refractivity (Wildman–Crippen MR) is 62.4 cm³/mol. The largest absolute Gasteiger partial charge is 0.394 e. The monoisotopic (exact) mass is 256 g/mol. The molecule has 1 fully saturated rings. The summed E-state index contributed by atoms with van der Waals surface area (Å²) in [6.45, 7) is -0.156. The SMILES string of the molecule is NCc1cn([C@H]2C[C@H](O)[C@@H](CO)O2)c(=O)nc1N. The van der Waals surface area contributed by atoms with Crippen LogP contribution in [0.4, 0.5) is 5.82 Å². The molecule has 1 aromatic heterocycles. The van der Waals surface area contributed by atoms with Crippen LogP contribution in [0.1, 0.15) is 18.2 Å². The topological polar surface area (TPSA) is 137 Å². The Kier molecular flexibility index (Phi) is 3.62. The van der Waals surface area contributed by atoms with Crippen LogP contribution < -0.4 is 17.2 Å². The smallest absolute Gasteiger partial charge is 0.351 e. The van der Waals surface area contributed by atoms with Crippen molar-refractivity contribution < 1.29 is 14.9 Å². The highest BCUT2D eigenvalue weighted by Gasteiger charge is 2.35. The van der Waals surface area contributed by atoms with Gasteiger partial charge in [0, 0.05) is 24.7 Å². The molecule has 8 nitrogen and oxygen atoms in total. The predicted octanol–water partition coefficient (Wildman–Crippen LogP) is -2.08. The molecule has 0 bridgehead atoms. The van der Waals surface area contributed by atoms with E-state index in [9.17, 15) is 9.90 Å². The molecule has 1 saturated heterocycles. The van der Waals surface area contributed by atoms with Gasteiger partial charge in [0.05, 0.1) is 12.7 Å². The fourth-order valence-corrected chi connectivity index (χ4v) is 1.94. The number of rotatable bonds is 3. The fourth-order valence-electron chi connectivity index (χ4n) is 1.94. The molecule has 0 radical (unpaired) electrons. The van der Waals surface area contributed by atoms with Crippen molar-refractivity contribution in [1.29, 1.82) is 0 Å². The average Bonchev–Trinajstić information content (AvgIpc) is 2.70. The molecule has 0 amide bonds. The van der Waals surface area contributed by atoms with Gasteiger partial charge in [0.1, 0.15) is 18.1 Å². The van der Waals surface area contributed by atoms with Gasteiger partial charge in [0.25, 0.3) is 0 Å². The second-order valence-electron chi connectivity index (χ2n) is 4.16. The average molecular weight is 256 g/mol. The summed E-state index contributed by atoms with van der Waals surface area (Å²) < 4.78 is 6.60. The number of aliphatic hydroxyl groups is 2. The van der Waals surface area contributed by atoms with E-state index in [-0.39, 0.29) is 25.4 Å². The standard InChI is InChI=1S/C10H16N4O4/c11-2-5-3-14(10(17)13-9(5)12)8-1-6(16)7(4-15)18-8/h3,6-8,15-16H,1-2,4,11H2,(H2,12,13,17)/t6-,7+,8+/m0/s1. The second-order valence-corrected chi connectivity index (χ2v) is 4.16. The number of nitrogens with two attached hydrogens (primary N) is 2. The molecule has 3 atom stereocenters. The number of hydrogen-bond donors (Lipinski definition) is 4. The highest BCUT2D eigenvalue weighted by atomic mass is 16.5. The third-order valence-corrected chi connectivity index (χ3v) is 2.98. The molecule has 100 valence electrons. The third kappa shape index (κ3) is 2.23. The Morgan fingerprint density at radius 2 is 2.33 bits per heavy atom. The number of anilines is 1. The summed E-state index contributed by atoms with van der Waals surface area (Å²) in [7, 11) is 0. The molecule has 18 heavy (non-hydrogen) atoms. The van der Waals surface area contributed by atoms with E-state index in [1.807, 2.05) is 0 Å². The molecule has 1 aliphatic rings. The van der Waals surface area contributed by atoms with Gasteiger partial charge >= 0.3 is 5.69 Å². The van der Waals surface area contributed by atoms with Crippen LogP contribution in [0.5, 0.6) is 0 Å². The van der Waals surface area contributed by atoms with E-state index in [0.717, 1.165) is 0 Å². The summed E-state index contributed by atoms with van der Waals surface area (Å²) in [4.78, 5) is 15.3. The number of ether oxygens (including phenoxy) is 1. The third-order valence-electron chi connectivity index (χ3n) is 2.98. The van der Waals surface area contributed by atoms with E-state index in [1.165, 1.54) is 10.8 Å². The zero-order valence-corrected chi connectivity index (χ0v) is 9.69. The van der Waals surface area contributed by atoms with Crippen LogP contribution in [0, 0.1) is 0 Å². The Labute approximate surface area is 103 Å². The summed E-state index contributed by atoms with van der Waals surface area (Å²) in [5.74, 6) is 0.0935. The lowest BCUT2D eigenvalue weighted by atomic mass is 10.2. The number of nitrogens with zero attached hydrogens (tertiary/aromatic N) is 2. The Hall–Kier alpha value is -1.48. The lowest BCUT2D eigenvalue weighted by Crippen LogP contribution is -2.29. The lowest BCUT2D eigenvalue weighted by molar-refractivity contribution is -0.0459. The minimum Gasteiger partial charge on any atom is -0.394 e. The Morgan fingerprint density at radius 3 is 2.89 bits per heavy atom. The number of aliphatic hydroxyl groups excluding tert-OH is 2. The van der Waals surface area contributed by atoms with Crippen LogP contribution in [-0.4, -0.2) is 38.6 Å². The molecule has 0 spiro atoms. The summed E-state index contributed by atoms with van der Waals surface area (Å²) in [5.41, 5.74) is 11.0. The van der Waals surface area contributed by atoms with Crippen molar-refractivity contribution in [3.05, 3.63) is 22.2 Å². The van der Waals surface area contributed by atoms with E-state index in [0.29, 0.717) is 5.56 Å². The van der Waals surface area contributed by atoms with E-state index in [4.69, 9.17) is 21.3 Å². The van der Waals surface area contributed by atoms with Crippen molar-refractivity contribution >= 4 is 5.82 Å². The van der Waals surface area contributed by atoms with Crippen molar-refractivity contribution in [1.82, 2.24) is 9.55 Å². The Morgan fingerprint density at radius 1 is 1.61 bits per heavy atom. The van der Waals surface area contributed by atoms with Crippen LogP contribution in [0.3, 0.4) is 0 Å². The van der Waals surface area contributed by atoms with E-state index >= 15 is 0 Å². The van der Waals surface area contributed by atoms with Crippen molar-refractivity contribution in [2.75, 3.05) is 12.3 Å². The molecular weight excluding hydrogens is 240 g/mol. The number of nitrogen functional groups attached to an aromatic ring is 1. The first-order valence-corrected chi connectivity index (χ1v) is 5.58. The first kappa shape index (κ1) is 13.0. The van der Waals surface area contributed by atoms with Gasteiger partial charge in [-0.25, -0.2) is 4.79 Å². The minimum absolute atomic E-state index is 0.0935.